The van der Waals surface area contributed by atoms with E-state index in [2.05, 4.69) is 10.5 Å². The van der Waals surface area contributed by atoms with Gasteiger partial charge in [-0.2, -0.15) is 5.10 Å². The number of Topliss-reactive ketones (excluding diaryl/α,β-unsaturated/α-hetero) is 1. The van der Waals surface area contributed by atoms with E-state index >= 15 is 0 Å². The van der Waals surface area contributed by atoms with Gasteiger partial charge in [0.05, 0.1) is 5.71 Å². The molecule has 1 aliphatic rings. The topological polar surface area (TPSA) is 58.5 Å². The Morgan fingerprint density at radius 3 is 2.31 bits per heavy atom. The molecular formula is C9H14N2O2. The van der Waals surface area contributed by atoms with Crippen LogP contribution in [0.15, 0.2) is 5.10 Å². The van der Waals surface area contributed by atoms with E-state index in [1.165, 1.54) is 6.92 Å². The summed E-state index contributed by atoms with van der Waals surface area (Å²) in [6, 6.07) is 0. The van der Waals surface area contributed by atoms with Gasteiger partial charge in [0.2, 0.25) is 0 Å². The monoisotopic (exact) mass is 182 g/mol. The molecule has 0 aromatic heterocycles. The van der Waals surface area contributed by atoms with Crippen LogP contribution in [-0.2, 0) is 9.59 Å². The standard InChI is InChI=1S/C9H14N2O2/c1-5(12)6-7(9(2,3)4)10-11-8(6)13/h6H,1-4H3,(H,11,13). The number of hydrogen-bond acceptors (Lipinski definition) is 3. The lowest BCUT2D eigenvalue weighted by Crippen LogP contribution is -2.35. The van der Waals surface area contributed by atoms with E-state index in [0.717, 1.165) is 0 Å². The van der Waals surface area contributed by atoms with Crippen molar-refractivity contribution >= 4 is 17.4 Å². The minimum absolute atomic E-state index is 0.149. The minimum Gasteiger partial charge on any atom is -0.299 e. The lowest BCUT2D eigenvalue weighted by Gasteiger charge is -2.20. The quantitative estimate of drug-likeness (QED) is 0.607. The SMILES string of the molecule is CC(=O)C1C(=O)NN=C1C(C)(C)C. The zero-order chi connectivity index (χ0) is 10.2. The highest BCUT2D eigenvalue weighted by Crippen LogP contribution is 2.25. The molecule has 0 aromatic rings. The Labute approximate surface area is 77.4 Å². The molecule has 0 fully saturated rings. The molecule has 0 saturated carbocycles. The molecule has 0 aliphatic carbocycles. The van der Waals surface area contributed by atoms with Crippen LogP contribution in [0.5, 0.6) is 0 Å². The molecule has 4 heteroatoms. The maximum atomic E-state index is 11.2. The van der Waals surface area contributed by atoms with Gasteiger partial charge in [0, 0.05) is 5.41 Å². The zero-order valence-electron chi connectivity index (χ0n) is 8.34. The highest BCUT2D eigenvalue weighted by Gasteiger charge is 2.39. The maximum Gasteiger partial charge on any atom is 0.256 e. The highest BCUT2D eigenvalue weighted by molar-refractivity contribution is 6.23. The molecule has 1 aliphatic heterocycles. The Hall–Kier alpha value is -1.19. The van der Waals surface area contributed by atoms with E-state index in [1.54, 1.807) is 0 Å². The number of nitrogens with zero attached hydrogens (tertiary/aromatic N) is 1. The van der Waals surface area contributed by atoms with Crippen LogP contribution in [0.3, 0.4) is 0 Å². The third kappa shape index (κ3) is 1.76. The molecule has 1 rings (SSSR count). The number of hydrazone groups is 1. The van der Waals surface area contributed by atoms with Crippen LogP contribution in [0.2, 0.25) is 0 Å². The van der Waals surface area contributed by atoms with Gasteiger partial charge >= 0.3 is 0 Å². The van der Waals surface area contributed by atoms with Gasteiger partial charge in [-0.25, -0.2) is 5.43 Å². The minimum atomic E-state index is -0.681. The van der Waals surface area contributed by atoms with E-state index in [4.69, 9.17) is 0 Å². The third-order valence-corrected chi connectivity index (χ3v) is 2.00. The predicted molar refractivity (Wildman–Crippen MR) is 49.2 cm³/mol. The summed E-state index contributed by atoms with van der Waals surface area (Å²) in [7, 11) is 0. The zero-order valence-corrected chi connectivity index (χ0v) is 8.34. The number of hydrogen-bond donors (Lipinski definition) is 1. The normalized spacial score (nSPS) is 22.6. The number of amides is 1. The average molecular weight is 182 g/mol. The van der Waals surface area contributed by atoms with Crippen molar-refractivity contribution in [2.24, 2.45) is 16.4 Å². The summed E-state index contributed by atoms with van der Waals surface area (Å²) < 4.78 is 0. The maximum absolute atomic E-state index is 11.2. The highest BCUT2D eigenvalue weighted by atomic mass is 16.2. The fourth-order valence-corrected chi connectivity index (χ4v) is 1.35. The van der Waals surface area contributed by atoms with E-state index in [9.17, 15) is 9.59 Å². The van der Waals surface area contributed by atoms with Crippen molar-refractivity contribution in [1.29, 1.82) is 0 Å². The summed E-state index contributed by atoms with van der Waals surface area (Å²) in [6.07, 6.45) is 0. The number of ketones is 1. The molecule has 0 saturated heterocycles. The third-order valence-electron chi connectivity index (χ3n) is 2.00. The molecule has 1 unspecified atom stereocenters. The van der Waals surface area contributed by atoms with Gasteiger partial charge in [0.1, 0.15) is 11.7 Å². The van der Waals surface area contributed by atoms with Gasteiger partial charge in [-0.05, 0) is 6.92 Å². The van der Waals surface area contributed by atoms with Gasteiger partial charge in [-0.3, -0.25) is 9.59 Å². The second-order valence-electron chi connectivity index (χ2n) is 4.27. The molecule has 1 amide bonds. The molecule has 4 nitrogen and oxygen atoms in total. The van der Waals surface area contributed by atoms with Crippen molar-refractivity contribution in [3.63, 3.8) is 0 Å². The van der Waals surface area contributed by atoms with Gasteiger partial charge in [0.25, 0.3) is 5.91 Å². The van der Waals surface area contributed by atoms with Crippen molar-refractivity contribution in [3.05, 3.63) is 0 Å². The van der Waals surface area contributed by atoms with Crippen LogP contribution in [0.25, 0.3) is 0 Å². The number of nitrogens with one attached hydrogen (secondary N) is 1. The van der Waals surface area contributed by atoms with Crippen molar-refractivity contribution < 1.29 is 9.59 Å². The number of carbonyl (C=O) groups is 2. The second kappa shape index (κ2) is 2.94. The Bertz CT molecular complexity index is 286. The molecule has 1 atom stereocenters. The average Bonchev–Trinajstić information content (AvgIpc) is 2.28. The van der Waals surface area contributed by atoms with Crippen LogP contribution in [0, 0.1) is 11.3 Å². The van der Waals surface area contributed by atoms with Crippen molar-refractivity contribution in [1.82, 2.24) is 5.43 Å². The fraction of sp³-hybridized carbons (Fsp3) is 0.667. The van der Waals surface area contributed by atoms with Crippen LogP contribution in [-0.4, -0.2) is 17.4 Å². The number of rotatable bonds is 1. The fourth-order valence-electron chi connectivity index (χ4n) is 1.35. The molecule has 0 radical (unpaired) electrons. The van der Waals surface area contributed by atoms with Gasteiger partial charge < -0.3 is 0 Å². The van der Waals surface area contributed by atoms with E-state index in [-0.39, 0.29) is 17.1 Å². The lowest BCUT2D eigenvalue weighted by molar-refractivity contribution is -0.129. The molecule has 1 heterocycles. The molecule has 0 bridgehead atoms. The van der Waals surface area contributed by atoms with Gasteiger partial charge in [-0.1, -0.05) is 20.8 Å². The smallest absolute Gasteiger partial charge is 0.256 e. The summed E-state index contributed by atoms with van der Waals surface area (Å²) in [5.74, 6) is -1.14. The van der Waals surface area contributed by atoms with Crippen LogP contribution in [0.4, 0.5) is 0 Å². The summed E-state index contributed by atoms with van der Waals surface area (Å²) in [6.45, 7) is 7.21. The van der Waals surface area contributed by atoms with Gasteiger partial charge in [-0.15, -0.1) is 0 Å². The first-order valence-electron chi connectivity index (χ1n) is 4.22. The van der Waals surface area contributed by atoms with Crippen molar-refractivity contribution in [3.8, 4) is 0 Å². The Morgan fingerprint density at radius 1 is 1.46 bits per heavy atom. The summed E-state index contributed by atoms with van der Waals surface area (Å²) in [5, 5.41) is 3.89. The van der Waals surface area contributed by atoms with Crippen molar-refractivity contribution in [2.45, 2.75) is 27.7 Å². The molecule has 72 valence electrons. The lowest BCUT2D eigenvalue weighted by atomic mass is 9.81. The van der Waals surface area contributed by atoms with E-state index in [0.29, 0.717) is 5.71 Å². The summed E-state index contributed by atoms with van der Waals surface area (Å²) in [4.78, 5) is 22.4. The first-order valence-corrected chi connectivity index (χ1v) is 4.22. The Morgan fingerprint density at radius 2 is 2.00 bits per heavy atom. The Balaban J connectivity index is 3.00. The number of carbonyl (C=O) groups excluding carboxylic acids is 2. The largest absolute Gasteiger partial charge is 0.299 e. The summed E-state index contributed by atoms with van der Waals surface area (Å²) in [5.41, 5.74) is 2.72. The predicted octanol–water partition coefficient (Wildman–Crippen LogP) is 0.723. The first-order chi connectivity index (χ1) is 5.84. The van der Waals surface area contributed by atoms with E-state index in [1.807, 2.05) is 20.8 Å². The van der Waals surface area contributed by atoms with Crippen LogP contribution < -0.4 is 5.43 Å². The molecule has 0 aromatic carbocycles. The van der Waals surface area contributed by atoms with Crippen LogP contribution in [0.1, 0.15) is 27.7 Å². The Kier molecular flexibility index (Phi) is 2.24. The molecule has 1 N–H and O–H groups in total. The summed E-state index contributed by atoms with van der Waals surface area (Å²) >= 11 is 0. The van der Waals surface area contributed by atoms with E-state index < -0.39 is 5.92 Å². The second-order valence-corrected chi connectivity index (χ2v) is 4.27. The first kappa shape index (κ1) is 9.89. The molecule has 13 heavy (non-hydrogen) atoms. The molecular weight excluding hydrogens is 168 g/mol. The van der Waals surface area contributed by atoms with Crippen molar-refractivity contribution in [2.75, 3.05) is 0 Å². The van der Waals surface area contributed by atoms with Gasteiger partial charge in [0.15, 0.2) is 0 Å². The molecule has 0 spiro atoms. The van der Waals surface area contributed by atoms with Crippen LogP contribution >= 0.6 is 0 Å².